The van der Waals surface area contributed by atoms with E-state index in [0.29, 0.717) is 28.5 Å². The maximum absolute atomic E-state index is 12.5. The predicted octanol–water partition coefficient (Wildman–Crippen LogP) is 2.03. The maximum Gasteiger partial charge on any atom is 0.273 e. The largest absolute Gasteiger partial charge is 0.495 e. The summed E-state index contributed by atoms with van der Waals surface area (Å²) in [6.45, 7) is 5.54. The third-order valence-corrected chi connectivity index (χ3v) is 4.71. The van der Waals surface area contributed by atoms with Crippen LogP contribution in [0, 0.1) is 26.7 Å². The summed E-state index contributed by atoms with van der Waals surface area (Å²) >= 11 is 0. The molecule has 1 aliphatic heterocycles. The van der Waals surface area contributed by atoms with Crippen molar-refractivity contribution in [3.05, 3.63) is 46.9 Å². The molecular weight excluding hydrogens is 362 g/mol. The first kappa shape index (κ1) is 19.5. The van der Waals surface area contributed by atoms with E-state index in [1.54, 1.807) is 30.9 Å². The summed E-state index contributed by atoms with van der Waals surface area (Å²) < 4.78 is 10.7. The van der Waals surface area contributed by atoms with E-state index in [4.69, 9.17) is 9.15 Å². The van der Waals surface area contributed by atoms with E-state index in [9.17, 15) is 14.4 Å². The van der Waals surface area contributed by atoms with E-state index in [-0.39, 0.29) is 18.9 Å². The lowest BCUT2D eigenvalue weighted by molar-refractivity contribution is -0.126. The summed E-state index contributed by atoms with van der Waals surface area (Å²) in [7, 11) is 1.54. The van der Waals surface area contributed by atoms with Crippen molar-refractivity contribution in [2.45, 2.75) is 27.2 Å². The number of carbonyl (C=O) groups is 3. The molecule has 148 valence electrons. The highest BCUT2D eigenvalue weighted by Gasteiger charge is 2.36. The Bertz CT molecular complexity index is 934. The lowest BCUT2D eigenvalue weighted by Crippen LogP contribution is -2.45. The highest BCUT2D eigenvalue weighted by Crippen LogP contribution is 2.33. The quantitative estimate of drug-likeness (QED) is 0.785. The van der Waals surface area contributed by atoms with Gasteiger partial charge in [0.2, 0.25) is 11.8 Å². The second-order valence-electron chi connectivity index (χ2n) is 6.85. The monoisotopic (exact) mass is 385 g/mol. The second-order valence-corrected chi connectivity index (χ2v) is 6.85. The molecule has 8 nitrogen and oxygen atoms in total. The first-order chi connectivity index (χ1) is 13.3. The van der Waals surface area contributed by atoms with E-state index in [0.717, 1.165) is 5.56 Å². The molecule has 1 unspecified atom stereocenters. The van der Waals surface area contributed by atoms with Gasteiger partial charge in [0.25, 0.3) is 5.91 Å². The van der Waals surface area contributed by atoms with E-state index in [1.165, 1.54) is 7.11 Å². The second kappa shape index (κ2) is 7.75. The van der Waals surface area contributed by atoms with Gasteiger partial charge in [0, 0.05) is 13.0 Å². The van der Waals surface area contributed by atoms with Gasteiger partial charge in [-0.1, -0.05) is 6.07 Å². The minimum atomic E-state index is -0.579. The molecule has 1 aromatic heterocycles. The number of nitrogens with one attached hydrogen (secondary N) is 2. The lowest BCUT2D eigenvalue weighted by Gasteiger charge is -2.20. The van der Waals surface area contributed by atoms with E-state index < -0.39 is 17.7 Å². The molecule has 1 saturated heterocycles. The molecule has 2 heterocycles. The maximum atomic E-state index is 12.5. The van der Waals surface area contributed by atoms with Gasteiger partial charge in [-0.3, -0.25) is 25.2 Å². The van der Waals surface area contributed by atoms with Crippen LogP contribution in [0.15, 0.2) is 28.7 Å². The number of hydrogen-bond donors (Lipinski definition) is 2. The van der Waals surface area contributed by atoms with Crippen molar-refractivity contribution in [1.29, 1.82) is 0 Å². The fraction of sp³-hybridized carbons (Fsp3) is 0.350. The van der Waals surface area contributed by atoms with Gasteiger partial charge in [0.15, 0.2) is 0 Å². The Morgan fingerprint density at radius 1 is 1.18 bits per heavy atom. The summed E-state index contributed by atoms with van der Waals surface area (Å²) in [6.07, 6.45) is 0.0582. The van der Waals surface area contributed by atoms with Crippen molar-refractivity contribution >= 4 is 23.4 Å². The zero-order valence-electron chi connectivity index (χ0n) is 16.3. The van der Waals surface area contributed by atoms with Crippen molar-refractivity contribution in [2.75, 3.05) is 18.6 Å². The number of furan rings is 1. The normalized spacial score (nSPS) is 16.2. The number of carbonyl (C=O) groups excluding carboxylic acids is 3. The van der Waals surface area contributed by atoms with Crippen LogP contribution < -0.4 is 20.5 Å². The van der Waals surface area contributed by atoms with Crippen molar-refractivity contribution in [1.82, 2.24) is 10.9 Å². The standard InChI is InChI=1S/C20H23N3O5/c1-11-5-6-17(27-4)16(7-11)23-10-14(9-18(23)24)19(25)21-22-20(26)15-8-12(2)28-13(15)3/h5-8,14H,9-10H2,1-4H3,(H,21,25)(H,22,26). The molecule has 1 fully saturated rings. The van der Waals surface area contributed by atoms with Crippen LogP contribution in [0.2, 0.25) is 0 Å². The fourth-order valence-electron chi connectivity index (χ4n) is 3.27. The Labute approximate surface area is 162 Å². The Balaban J connectivity index is 1.65. The molecule has 3 rings (SSSR count). The van der Waals surface area contributed by atoms with Crippen LogP contribution in [0.5, 0.6) is 5.75 Å². The molecule has 1 aromatic carbocycles. The van der Waals surface area contributed by atoms with E-state index in [1.807, 2.05) is 19.1 Å². The van der Waals surface area contributed by atoms with Gasteiger partial charge >= 0.3 is 0 Å². The summed E-state index contributed by atoms with van der Waals surface area (Å²) in [5, 5.41) is 0. The number of ether oxygens (including phenoxy) is 1. The molecule has 0 saturated carbocycles. The number of methoxy groups -OCH3 is 1. The summed E-state index contributed by atoms with van der Waals surface area (Å²) in [6, 6.07) is 7.13. The van der Waals surface area contributed by atoms with Crippen LogP contribution >= 0.6 is 0 Å². The van der Waals surface area contributed by atoms with Gasteiger partial charge in [0.1, 0.15) is 17.3 Å². The number of amides is 3. The van der Waals surface area contributed by atoms with Crippen LogP contribution in [0.4, 0.5) is 5.69 Å². The number of anilines is 1. The van der Waals surface area contributed by atoms with Crippen LogP contribution in [0.25, 0.3) is 0 Å². The summed E-state index contributed by atoms with van der Waals surface area (Å²) in [4.78, 5) is 38.7. The number of nitrogens with zero attached hydrogens (tertiary/aromatic N) is 1. The number of aryl methyl sites for hydroxylation is 3. The molecule has 8 heteroatoms. The van der Waals surface area contributed by atoms with Gasteiger partial charge < -0.3 is 14.1 Å². The molecule has 2 N–H and O–H groups in total. The number of benzene rings is 1. The van der Waals surface area contributed by atoms with Gasteiger partial charge in [0.05, 0.1) is 24.3 Å². The van der Waals surface area contributed by atoms with Crippen LogP contribution in [-0.4, -0.2) is 31.4 Å². The van der Waals surface area contributed by atoms with Crippen LogP contribution in [-0.2, 0) is 9.59 Å². The highest BCUT2D eigenvalue weighted by atomic mass is 16.5. The smallest absolute Gasteiger partial charge is 0.273 e. The number of hydrazine groups is 1. The SMILES string of the molecule is COc1ccc(C)cc1N1CC(C(=O)NNC(=O)c2cc(C)oc2C)CC1=O. The Morgan fingerprint density at radius 3 is 2.57 bits per heavy atom. The molecule has 0 radical (unpaired) electrons. The van der Waals surface area contributed by atoms with Crippen molar-refractivity contribution in [2.24, 2.45) is 5.92 Å². The molecular formula is C20H23N3O5. The first-order valence-corrected chi connectivity index (χ1v) is 8.92. The minimum Gasteiger partial charge on any atom is -0.495 e. The molecule has 0 aliphatic carbocycles. The Kier molecular flexibility index (Phi) is 5.39. The van der Waals surface area contributed by atoms with Crippen molar-refractivity contribution in [3.8, 4) is 5.75 Å². The molecule has 2 aromatic rings. The van der Waals surface area contributed by atoms with Crippen molar-refractivity contribution in [3.63, 3.8) is 0 Å². The molecule has 3 amide bonds. The third kappa shape index (κ3) is 3.85. The molecule has 1 aliphatic rings. The Morgan fingerprint density at radius 2 is 1.93 bits per heavy atom. The van der Waals surface area contributed by atoms with Crippen molar-refractivity contribution < 1.29 is 23.5 Å². The first-order valence-electron chi connectivity index (χ1n) is 8.92. The zero-order chi connectivity index (χ0) is 20.4. The van der Waals surface area contributed by atoms with Gasteiger partial charge in [-0.25, -0.2) is 0 Å². The number of rotatable bonds is 4. The van der Waals surface area contributed by atoms with Crippen LogP contribution in [0.3, 0.4) is 0 Å². The molecule has 28 heavy (non-hydrogen) atoms. The Hall–Kier alpha value is -3.29. The molecule has 0 bridgehead atoms. The summed E-state index contributed by atoms with van der Waals surface area (Å²) in [5.74, 6) is 0.00929. The minimum absolute atomic E-state index is 0.0582. The highest BCUT2D eigenvalue weighted by molar-refractivity contribution is 6.02. The van der Waals surface area contributed by atoms with E-state index >= 15 is 0 Å². The van der Waals surface area contributed by atoms with Gasteiger partial charge in [-0.2, -0.15) is 0 Å². The fourth-order valence-corrected chi connectivity index (χ4v) is 3.27. The molecule has 1 atom stereocenters. The third-order valence-electron chi connectivity index (χ3n) is 4.71. The predicted molar refractivity (Wildman–Crippen MR) is 102 cm³/mol. The van der Waals surface area contributed by atoms with Gasteiger partial charge in [-0.15, -0.1) is 0 Å². The van der Waals surface area contributed by atoms with E-state index in [2.05, 4.69) is 10.9 Å². The average molecular weight is 385 g/mol. The topological polar surface area (TPSA) is 101 Å². The average Bonchev–Trinajstić information content (AvgIpc) is 3.21. The van der Waals surface area contributed by atoms with Gasteiger partial charge in [-0.05, 0) is 44.5 Å². The molecule has 0 spiro atoms. The lowest BCUT2D eigenvalue weighted by atomic mass is 10.1. The summed E-state index contributed by atoms with van der Waals surface area (Å²) in [5.41, 5.74) is 6.75. The zero-order valence-corrected chi connectivity index (χ0v) is 16.3. The van der Waals surface area contributed by atoms with Crippen LogP contribution in [0.1, 0.15) is 33.9 Å². The number of hydrogen-bond acceptors (Lipinski definition) is 5.